The number of hydrogen-bond donors (Lipinski definition) is 1. The summed E-state index contributed by atoms with van der Waals surface area (Å²) in [5.41, 5.74) is 3.15. The second-order valence-corrected chi connectivity index (χ2v) is 8.19. The maximum Gasteiger partial charge on any atom is 0.136 e. The molecule has 2 nitrogen and oxygen atoms in total. The highest BCUT2D eigenvalue weighted by Gasteiger charge is 2.55. The Labute approximate surface area is 132 Å². The number of piperidine rings is 1. The van der Waals surface area contributed by atoms with Gasteiger partial charge in [-0.15, -0.1) is 0 Å². The van der Waals surface area contributed by atoms with Crippen molar-refractivity contribution in [3.05, 3.63) is 35.4 Å². The predicted octanol–water partition coefficient (Wildman–Crippen LogP) is 3.24. The van der Waals surface area contributed by atoms with Crippen molar-refractivity contribution in [2.75, 3.05) is 6.54 Å². The Morgan fingerprint density at radius 1 is 1.23 bits per heavy atom. The fraction of sp³-hybridized carbons (Fsp3) is 0.650. The van der Waals surface area contributed by atoms with Gasteiger partial charge in [0.15, 0.2) is 0 Å². The lowest BCUT2D eigenvalue weighted by atomic mass is 9.50. The zero-order chi connectivity index (χ0) is 14.7. The Kier molecular flexibility index (Phi) is 2.83. The zero-order valence-electron chi connectivity index (χ0n) is 13.2. The van der Waals surface area contributed by atoms with Crippen molar-refractivity contribution in [1.29, 1.82) is 0 Å². The van der Waals surface area contributed by atoms with Crippen molar-refractivity contribution in [2.24, 2.45) is 17.8 Å². The molecule has 4 aliphatic rings. The molecule has 0 amide bonds. The van der Waals surface area contributed by atoms with Crippen LogP contribution < -0.4 is 5.32 Å². The Balaban J connectivity index is 1.55. The van der Waals surface area contributed by atoms with Crippen molar-refractivity contribution in [1.82, 2.24) is 5.32 Å². The average molecular weight is 295 g/mol. The van der Waals surface area contributed by atoms with Crippen LogP contribution in [0.4, 0.5) is 0 Å². The van der Waals surface area contributed by atoms with Crippen LogP contribution in [0.15, 0.2) is 24.3 Å². The summed E-state index contributed by atoms with van der Waals surface area (Å²) >= 11 is 0. The molecule has 1 N–H and O–H groups in total. The number of nitrogens with one attached hydrogen (secondary N) is 1. The van der Waals surface area contributed by atoms with Crippen LogP contribution in [-0.4, -0.2) is 18.4 Å². The molecule has 2 saturated carbocycles. The molecule has 22 heavy (non-hydrogen) atoms. The Hall–Kier alpha value is -1.15. The number of carbonyl (C=O) groups excluding carboxylic acids is 1. The van der Waals surface area contributed by atoms with Crippen molar-refractivity contribution in [3.63, 3.8) is 0 Å². The van der Waals surface area contributed by atoms with Crippen molar-refractivity contribution >= 4 is 5.78 Å². The maximum atomic E-state index is 12.9. The lowest BCUT2D eigenvalue weighted by Gasteiger charge is -2.56. The summed E-state index contributed by atoms with van der Waals surface area (Å²) in [7, 11) is 0. The molecule has 0 radical (unpaired) electrons. The molecule has 5 rings (SSSR count). The molecule has 1 aromatic rings. The Morgan fingerprint density at radius 2 is 2.09 bits per heavy atom. The van der Waals surface area contributed by atoms with E-state index in [1.54, 1.807) is 0 Å². The van der Waals surface area contributed by atoms with E-state index in [1.807, 2.05) is 0 Å². The molecule has 1 unspecified atom stereocenters. The van der Waals surface area contributed by atoms with Gasteiger partial charge >= 0.3 is 0 Å². The highest BCUT2D eigenvalue weighted by atomic mass is 16.1. The van der Waals surface area contributed by atoms with Crippen molar-refractivity contribution in [3.8, 4) is 0 Å². The van der Waals surface area contributed by atoms with Gasteiger partial charge in [0.2, 0.25) is 0 Å². The predicted molar refractivity (Wildman–Crippen MR) is 86.8 cm³/mol. The van der Waals surface area contributed by atoms with Crippen LogP contribution in [0.25, 0.3) is 0 Å². The summed E-state index contributed by atoms with van der Waals surface area (Å²) in [6.07, 6.45) is 8.17. The minimum absolute atomic E-state index is 0.155. The number of rotatable bonds is 2. The number of fused-ring (bicyclic) bond motifs is 1. The molecule has 3 aliphatic carbocycles. The van der Waals surface area contributed by atoms with Gasteiger partial charge in [-0.2, -0.15) is 0 Å². The van der Waals surface area contributed by atoms with Gasteiger partial charge < -0.3 is 5.32 Å². The highest BCUT2D eigenvalue weighted by Crippen LogP contribution is 2.55. The molecule has 2 heteroatoms. The monoisotopic (exact) mass is 295 g/mol. The lowest BCUT2D eigenvalue weighted by molar-refractivity contribution is -0.131. The molecule has 0 aromatic heterocycles. The lowest BCUT2D eigenvalue weighted by Crippen LogP contribution is -2.61. The van der Waals surface area contributed by atoms with Gasteiger partial charge in [0.25, 0.3) is 0 Å². The average Bonchev–Trinajstić information content (AvgIpc) is 3.32. The van der Waals surface area contributed by atoms with Gasteiger partial charge in [-0.1, -0.05) is 37.1 Å². The van der Waals surface area contributed by atoms with Gasteiger partial charge in [-0.25, -0.2) is 0 Å². The van der Waals surface area contributed by atoms with E-state index in [2.05, 4.69) is 29.6 Å². The summed E-state index contributed by atoms with van der Waals surface area (Å²) in [6.45, 7) is 1.08. The molecule has 1 aromatic carbocycles. The van der Waals surface area contributed by atoms with E-state index < -0.39 is 0 Å². The largest absolute Gasteiger partial charge is 0.313 e. The molecular formula is C20H25NO. The summed E-state index contributed by atoms with van der Waals surface area (Å²) < 4.78 is 0. The SMILES string of the molecule is O=C1C[C@]23CCN[C@H](Cc4ccccc42)[C@@H]3CC1CC1CC1. The first kappa shape index (κ1) is 13.3. The molecule has 0 spiro atoms. The third-order valence-corrected chi connectivity index (χ3v) is 6.96. The van der Waals surface area contributed by atoms with E-state index >= 15 is 0 Å². The normalized spacial score (nSPS) is 40.0. The Bertz CT molecular complexity index is 620. The maximum absolute atomic E-state index is 12.9. The fourth-order valence-corrected chi connectivity index (χ4v) is 5.74. The van der Waals surface area contributed by atoms with Gasteiger partial charge in [-0.3, -0.25) is 4.79 Å². The first-order valence-electron chi connectivity index (χ1n) is 9.11. The standard InChI is InChI=1S/C20H25NO/c22-19-12-20-7-8-21-18(11-14-3-1-2-4-16(14)20)17(20)10-15(19)9-13-5-6-13/h1-4,13,15,17-18,21H,5-12H2/t15?,17-,18+,20+/m0/s1. The molecule has 116 valence electrons. The van der Waals surface area contributed by atoms with E-state index in [-0.39, 0.29) is 5.41 Å². The third kappa shape index (κ3) is 1.86. The van der Waals surface area contributed by atoms with E-state index in [1.165, 1.54) is 30.4 Å². The van der Waals surface area contributed by atoms with E-state index in [0.717, 1.165) is 38.1 Å². The van der Waals surface area contributed by atoms with E-state index in [9.17, 15) is 4.79 Å². The minimum atomic E-state index is 0.155. The van der Waals surface area contributed by atoms with Crippen LogP contribution in [0.5, 0.6) is 0 Å². The molecule has 4 atom stereocenters. The Morgan fingerprint density at radius 3 is 2.95 bits per heavy atom. The molecule has 2 bridgehead atoms. The summed E-state index contributed by atoms with van der Waals surface area (Å²) in [6, 6.07) is 9.53. The summed E-state index contributed by atoms with van der Waals surface area (Å²) in [4.78, 5) is 12.9. The van der Waals surface area contributed by atoms with Gasteiger partial charge in [0, 0.05) is 23.8 Å². The molecule has 3 fully saturated rings. The third-order valence-electron chi connectivity index (χ3n) is 6.96. The highest BCUT2D eigenvalue weighted by molar-refractivity contribution is 5.84. The smallest absolute Gasteiger partial charge is 0.136 e. The van der Waals surface area contributed by atoms with Gasteiger partial charge in [0.05, 0.1) is 0 Å². The second-order valence-electron chi connectivity index (χ2n) is 8.19. The zero-order valence-corrected chi connectivity index (χ0v) is 13.2. The molecule has 1 aliphatic heterocycles. The summed E-state index contributed by atoms with van der Waals surface area (Å²) in [5, 5.41) is 3.78. The quantitative estimate of drug-likeness (QED) is 0.907. The van der Waals surface area contributed by atoms with Gasteiger partial charge in [0.1, 0.15) is 5.78 Å². The number of Topliss-reactive ketones (excluding diaryl/α,β-unsaturated/α-hetero) is 1. The van der Waals surface area contributed by atoms with Crippen LogP contribution in [0.3, 0.4) is 0 Å². The van der Waals surface area contributed by atoms with Crippen LogP contribution >= 0.6 is 0 Å². The molecular weight excluding hydrogens is 270 g/mol. The summed E-state index contributed by atoms with van der Waals surface area (Å²) in [5.74, 6) is 2.48. The van der Waals surface area contributed by atoms with Crippen molar-refractivity contribution < 1.29 is 4.79 Å². The number of benzene rings is 1. The van der Waals surface area contributed by atoms with E-state index in [0.29, 0.717) is 23.7 Å². The topological polar surface area (TPSA) is 29.1 Å². The van der Waals surface area contributed by atoms with Crippen LogP contribution in [0, 0.1) is 17.8 Å². The molecule has 1 saturated heterocycles. The van der Waals surface area contributed by atoms with Crippen LogP contribution in [0.2, 0.25) is 0 Å². The first-order chi connectivity index (χ1) is 10.8. The minimum Gasteiger partial charge on any atom is -0.313 e. The van der Waals surface area contributed by atoms with Crippen LogP contribution in [0.1, 0.15) is 49.7 Å². The van der Waals surface area contributed by atoms with Gasteiger partial charge in [-0.05, 0) is 55.2 Å². The van der Waals surface area contributed by atoms with Crippen LogP contribution in [-0.2, 0) is 16.6 Å². The fourth-order valence-electron chi connectivity index (χ4n) is 5.74. The number of hydrogen-bond acceptors (Lipinski definition) is 2. The van der Waals surface area contributed by atoms with E-state index in [4.69, 9.17) is 0 Å². The first-order valence-corrected chi connectivity index (χ1v) is 9.11. The van der Waals surface area contributed by atoms with Crippen molar-refractivity contribution in [2.45, 2.75) is 56.4 Å². The second kappa shape index (κ2) is 4.67. The molecule has 1 heterocycles. The number of carbonyl (C=O) groups is 1. The number of ketones is 1.